The van der Waals surface area contributed by atoms with Gasteiger partial charge in [0.15, 0.2) is 22.9 Å². The van der Waals surface area contributed by atoms with Crippen LogP contribution in [0.15, 0.2) is 114 Å². The number of benzene rings is 4. The van der Waals surface area contributed by atoms with Gasteiger partial charge in [-0.15, -0.1) is 0 Å². The summed E-state index contributed by atoms with van der Waals surface area (Å²) >= 11 is 3.48. The average molecular weight is 758 g/mol. The molecule has 52 heavy (non-hydrogen) atoms. The van der Waals surface area contributed by atoms with Crippen LogP contribution in [0.3, 0.4) is 0 Å². The number of aromatic hydroxyl groups is 2. The van der Waals surface area contributed by atoms with Crippen molar-refractivity contribution in [1.29, 1.82) is 0 Å². The Hall–Kier alpha value is -6.20. The van der Waals surface area contributed by atoms with Crippen LogP contribution in [0.25, 0.3) is 55.0 Å². The van der Waals surface area contributed by atoms with Gasteiger partial charge in [0.05, 0.1) is 51.7 Å². The summed E-state index contributed by atoms with van der Waals surface area (Å²) in [6, 6.07) is 35.2. The van der Waals surface area contributed by atoms with Gasteiger partial charge < -0.3 is 28.8 Å². The Morgan fingerprint density at radius 2 is 1.02 bits per heavy atom. The summed E-state index contributed by atoms with van der Waals surface area (Å²) < 4.78 is 14.6. The molecule has 4 aromatic carbocycles. The number of hydrogen-bond donors (Lipinski definition) is 2. The van der Waals surface area contributed by atoms with Crippen LogP contribution in [-0.4, -0.2) is 54.5 Å². The van der Waals surface area contributed by atoms with E-state index in [2.05, 4.69) is 30.5 Å². The first-order chi connectivity index (χ1) is 25.3. The summed E-state index contributed by atoms with van der Waals surface area (Å²) in [5, 5.41) is 24.6. The second-order valence-electron chi connectivity index (χ2n) is 11.8. The Labute approximate surface area is 306 Å². The molecule has 4 aromatic heterocycles. The van der Waals surface area contributed by atoms with Crippen LogP contribution in [0, 0.1) is 6.92 Å². The number of hydrogen-bond acceptors (Lipinski definition) is 8. The summed E-state index contributed by atoms with van der Waals surface area (Å²) in [7, 11) is 0. The van der Waals surface area contributed by atoms with E-state index in [1.807, 2.05) is 121 Å². The molecule has 0 radical (unpaired) electrons. The number of esters is 2. The van der Waals surface area contributed by atoms with Crippen LogP contribution in [0.2, 0.25) is 0 Å². The zero-order valence-electron chi connectivity index (χ0n) is 28.5. The van der Waals surface area contributed by atoms with E-state index in [9.17, 15) is 19.8 Å². The second-order valence-corrected chi connectivity index (χ2v) is 12.5. The Balaban J connectivity index is 0.000000162. The van der Waals surface area contributed by atoms with E-state index in [-0.39, 0.29) is 36.1 Å². The van der Waals surface area contributed by atoms with Crippen LogP contribution in [0.5, 0.6) is 11.5 Å². The highest BCUT2D eigenvalue weighted by molar-refractivity contribution is 9.10. The fourth-order valence-electron chi connectivity index (χ4n) is 6.59. The van der Waals surface area contributed by atoms with Crippen LogP contribution >= 0.6 is 15.9 Å². The molecule has 0 aliphatic rings. The highest BCUT2D eigenvalue weighted by Crippen LogP contribution is 2.42. The first kappa shape index (κ1) is 34.3. The van der Waals surface area contributed by atoms with Crippen LogP contribution in [-0.2, 0) is 9.47 Å². The van der Waals surface area contributed by atoms with E-state index >= 15 is 0 Å². The molecule has 0 aliphatic heterocycles. The fourth-order valence-corrected chi connectivity index (χ4v) is 7.14. The summed E-state index contributed by atoms with van der Waals surface area (Å²) in [6.07, 6.45) is 0. The molecule has 0 bridgehead atoms. The van der Waals surface area contributed by atoms with Gasteiger partial charge in [-0.2, -0.15) is 0 Å². The highest BCUT2D eigenvalue weighted by atomic mass is 79.9. The number of aromatic nitrogens is 4. The average Bonchev–Trinajstić information content (AvgIpc) is 3.71. The van der Waals surface area contributed by atoms with E-state index in [0.717, 1.165) is 38.7 Å². The molecular weight excluding hydrogens is 724 g/mol. The highest BCUT2D eigenvalue weighted by Gasteiger charge is 2.26. The summed E-state index contributed by atoms with van der Waals surface area (Å²) in [4.78, 5) is 33.1. The van der Waals surface area contributed by atoms with E-state index in [0.29, 0.717) is 26.6 Å². The number of ether oxygens (including phenoxy) is 2. The Morgan fingerprint density at radius 3 is 1.50 bits per heavy atom. The molecule has 260 valence electrons. The third-order valence-electron chi connectivity index (χ3n) is 8.67. The molecule has 0 fully saturated rings. The first-order valence-electron chi connectivity index (χ1n) is 16.7. The molecule has 0 spiro atoms. The van der Waals surface area contributed by atoms with Crippen LogP contribution in [0.1, 0.15) is 40.5 Å². The van der Waals surface area contributed by atoms with Crippen molar-refractivity contribution >= 4 is 71.5 Å². The van der Waals surface area contributed by atoms with E-state index in [4.69, 9.17) is 9.47 Å². The predicted molar refractivity (Wildman–Crippen MR) is 205 cm³/mol. The molecule has 8 aromatic rings. The number of rotatable bonds is 6. The van der Waals surface area contributed by atoms with Gasteiger partial charge in [-0.25, -0.2) is 19.6 Å². The second kappa shape index (κ2) is 14.2. The smallest absolute Gasteiger partial charge is 0.360 e. The number of halogens is 1. The van der Waals surface area contributed by atoms with Gasteiger partial charge in [-0.3, -0.25) is 0 Å². The molecule has 0 saturated carbocycles. The number of fused-ring (bicyclic) bond motifs is 6. The largest absolute Gasteiger partial charge is 0.505 e. The summed E-state index contributed by atoms with van der Waals surface area (Å²) in [5.74, 6) is -1.59. The number of aryl methyl sites for hydroxylation is 1. The van der Waals surface area contributed by atoms with Crippen molar-refractivity contribution in [2.45, 2.75) is 20.8 Å². The van der Waals surface area contributed by atoms with E-state index in [1.54, 1.807) is 13.8 Å². The molecular formula is C41H33BrN4O6. The molecule has 0 saturated heterocycles. The van der Waals surface area contributed by atoms with E-state index in [1.165, 1.54) is 0 Å². The van der Waals surface area contributed by atoms with E-state index < -0.39 is 11.9 Å². The Kier molecular flexibility index (Phi) is 9.35. The SMILES string of the molecule is CCOC(=O)c1nc(Br)c2c(c1O)c1ccccc1n2-c1ccccc1.CCOC(=O)c1nc(C)c2c(c1O)c1ccccc1n2-c1ccccc1. The minimum atomic E-state index is -0.649. The molecule has 0 unspecified atom stereocenters. The van der Waals surface area contributed by atoms with Crippen molar-refractivity contribution in [3.63, 3.8) is 0 Å². The lowest BCUT2D eigenvalue weighted by Gasteiger charge is -2.11. The van der Waals surface area contributed by atoms with Crippen molar-refractivity contribution in [2.75, 3.05) is 13.2 Å². The number of para-hydroxylation sites is 4. The van der Waals surface area contributed by atoms with Gasteiger partial charge in [0, 0.05) is 22.1 Å². The predicted octanol–water partition coefficient (Wildman–Crippen LogP) is 9.19. The topological polar surface area (TPSA) is 129 Å². The van der Waals surface area contributed by atoms with Crippen LogP contribution < -0.4 is 0 Å². The third-order valence-corrected chi connectivity index (χ3v) is 9.22. The molecule has 0 atom stereocenters. The molecule has 2 N–H and O–H groups in total. The molecule has 8 rings (SSSR count). The molecule has 10 nitrogen and oxygen atoms in total. The number of pyridine rings is 2. The lowest BCUT2D eigenvalue weighted by atomic mass is 10.1. The molecule has 0 aliphatic carbocycles. The lowest BCUT2D eigenvalue weighted by molar-refractivity contribution is 0.0506. The van der Waals surface area contributed by atoms with Gasteiger partial charge in [-0.1, -0.05) is 72.8 Å². The number of carbonyl (C=O) groups excluding carboxylic acids is 2. The monoisotopic (exact) mass is 756 g/mol. The van der Waals surface area contributed by atoms with Gasteiger partial charge in [0.2, 0.25) is 0 Å². The number of carbonyl (C=O) groups is 2. The lowest BCUT2D eigenvalue weighted by Crippen LogP contribution is -2.09. The van der Waals surface area contributed by atoms with Crippen molar-refractivity contribution in [1.82, 2.24) is 19.1 Å². The number of nitrogens with zero attached hydrogens (tertiary/aromatic N) is 4. The van der Waals surface area contributed by atoms with Gasteiger partial charge in [-0.05, 0) is 73.1 Å². The zero-order valence-corrected chi connectivity index (χ0v) is 30.1. The molecule has 11 heteroatoms. The minimum absolute atomic E-state index is 0.0483. The quantitative estimate of drug-likeness (QED) is 0.127. The van der Waals surface area contributed by atoms with Crippen molar-refractivity contribution in [3.8, 4) is 22.9 Å². The van der Waals surface area contributed by atoms with Crippen LogP contribution in [0.4, 0.5) is 0 Å². The fraction of sp³-hybridized carbons (Fsp3) is 0.122. The summed E-state index contributed by atoms with van der Waals surface area (Å²) in [5.41, 5.74) is 5.74. The standard InChI is InChI=1S/C21H18N2O3.C20H15BrN2O3/c1-3-26-21(25)18-20(24)17-15-11-7-8-12-16(15)23(19(17)13(2)22-18)14-9-5-4-6-10-14;1-2-26-20(25)16-18(24)15-13-10-6-7-11-14(13)23(17(15)19(21)22-16)12-8-4-3-5-9-12/h4-12,24H,3H2,1-2H3;3-11,24H,2H2,1H3. The van der Waals surface area contributed by atoms with Crippen molar-refractivity contribution < 1.29 is 29.3 Å². The van der Waals surface area contributed by atoms with Crippen molar-refractivity contribution in [3.05, 3.63) is 131 Å². The maximum atomic E-state index is 12.2. The zero-order chi connectivity index (χ0) is 36.5. The normalized spacial score (nSPS) is 11.2. The van der Waals surface area contributed by atoms with Crippen molar-refractivity contribution in [2.24, 2.45) is 0 Å². The maximum Gasteiger partial charge on any atom is 0.360 e. The first-order valence-corrected chi connectivity index (χ1v) is 17.4. The molecule has 4 heterocycles. The molecule has 0 amide bonds. The van der Waals surface area contributed by atoms with Gasteiger partial charge in [0.1, 0.15) is 4.60 Å². The maximum absolute atomic E-state index is 12.2. The summed E-state index contributed by atoms with van der Waals surface area (Å²) in [6.45, 7) is 5.71. The van der Waals surface area contributed by atoms with Gasteiger partial charge >= 0.3 is 11.9 Å². The Morgan fingerprint density at radius 1 is 0.615 bits per heavy atom. The Bertz CT molecular complexity index is 2450. The van der Waals surface area contributed by atoms with Gasteiger partial charge in [0.25, 0.3) is 0 Å². The third kappa shape index (κ3) is 5.78. The minimum Gasteiger partial charge on any atom is -0.505 e.